The van der Waals surface area contributed by atoms with Crippen molar-refractivity contribution < 1.29 is 13.5 Å². The van der Waals surface area contributed by atoms with Crippen molar-refractivity contribution in [2.75, 3.05) is 5.73 Å². The number of alkyl halides is 2. The average molecular weight is 237 g/mol. The zero-order valence-electron chi connectivity index (χ0n) is 8.68. The first kappa shape index (κ1) is 11.3. The summed E-state index contributed by atoms with van der Waals surface area (Å²) >= 11 is 0. The third-order valence-electron chi connectivity index (χ3n) is 2.04. The fourth-order valence-electron chi connectivity index (χ4n) is 1.21. The second-order valence-corrected chi connectivity index (χ2v) is 3.22. The van der Waals surface area contributed by atoms with Crippen LogP contribution in [0.25, 0.3) is 0 Å². The largest absolute Gasteiger partial charge is 0.436 e. The summed E-state index contributed by atoms with van der Waals surface area (Å²) in [6.07, 6.45) is 0.368. The van der Waals surface area contributed by atoms with Gasteiger partial charge in [-0.3, -0.25) is 0 Å². The van der Waals surface area contributed by atoms with Crippen LogP contribution < -0.4 is 10.5 Å². The maximum Gasteiger partial charge on any atom is 0.263 e. The highest BCUT2D eigenvalue weighted by atomic mass is 19.3. The third kappa shape index (κ3) is 2.66. The summed E-state index contributed by atoms with van der Waals surface area (Å²) < 4.78 is 29.9. The highest BCUT2D eigenvalue weighted by Gasteiger charge is 2.08. The van der Waals surface area contributed by atoms with Crippen LogP contribution >= 0.6 is 0 Å². The van der Waals surface area contributed by atoms with Crippen LogP contribution in [-0.2, 0) is 0 Å². The third-order valence-corrected chi connectivity index (χ3v) is 2.04. The SMILES string of the molecule is Nc1nccnc1Oc1ccc(C(F)F)cc1. The molecule has 1 heterocycles. The fourth-order valence-corrected chi connectivity index (χ4v) is 1.21. The number of hydrogen-bond acceptors (Lipinski definition) is 4. The van der Waals surface area contributed by atoms with E-state index >= 15 is 0 Å². The van der Waals surface area contributed by atoms with Crippen LogP contribution in [0.3, 0.4) is 0 Å². The van der Waals surface area contributed by atoms with E-state index in [0.29, 0.717) is 5.75 Å². The second-order valence-electron chi connectivity index (χ2n) is 3.22. The Kier molecular flexibility index (Phi) is 3.13. The number of nitrogen functional groups attached to an aromatic ring is 1. The summed E-state index contributed by atoms with van der Waals surface area (Å²) in [4.78, 5) is 7.66. The van der Waals surface area contributed by atoms with E-state index in [2.05, 4.69) is 9.97 Å². The van der Waals surface area contributed by atoms with Gasteiger partial charge in [0.05, 0.1) is 0 Å². The van der Waals surface area contributed by atoms with Gasteiger partial charge in [-0.25, -0.2) is 18.7 Å². The summed E-state index contributed by atoms with van der Waals surface area (Å²) in [5.74, 6) is 0.671. The van der Waals surface area contributed by atoms with Crippen molar-refractivity contribution in [1.82, 2.24) is 9.97 Å². The number of nitrogens with two attached hydrogens (primary N) is 1. The van der Waals surface area contributed by atoms with Gasteiger partial charge in [-0.15, -0.1) is 0 Å². The van der Waals surface area contributed by atoms with Crippen molar-refractivity contribution in [3.8, 4) is 11.6 Å². The molecule has 17 heavy (non-hydrogen) atoms. The van der Waals surface area contributed by atoms with Crippen molar-refractivity contribution in [3.05, 3.63) is 42.2 Å². The van der Waals surface area contributed by atoms with E-state index in [4.69, 9.17) is 10.5 Å². The first-order valence-corrected chi connectivity index (χ1v) is 4.79. The molecule has 0 aliphatic heterocycles. The molecule has 1 aromatic carbocycles. The Labute approximate surface area is 96.1 Å². The Hall–Kier alpha value is -2.24. The molecule has 88 valence electrons. The zero-order valence-corrected chi connectivity index (χ0v) is 8.68. The monoisotopic (exact) mass is 237 g/mol. The minimum absolute atomic E-state index is 0.0653. The molecule has 0 fully saturated rings. The van der Waals surface area contributed by atoms with Gasteiger partial charge in [-0.2, -0.15) is 0 Å². The van der Waals surface area contributed by atoms with Gasteiger partial charge >= 0.3 is 0 Å². The molecule has 6 heteroatoms. The molecule has 4 nitrogen and oxygen atoms in total. The molecule has 0 saturated carbocycles. The second kappa shape index (κ2) is 4.73. The summed E-state index contributed by atoms with van der Waals surface area (Å²) in [5, 5.41) is 0. The number of rotatable bonds is 3. The molecular weight excluding hydrogens is 228 g/mol. The zero-order chi connectivity index (χ0) is 12.3. The lowest BCUT2D eigenvalue weighted by molar-refractivity contribution is 0.151. The van der Waals surface area contributed by atoms with Gasteiger partial charge in [-0.05, 0) is 24.3 Å². The van der Waals surface area contributed by atoms with Crippen molar-refractivity contribution in [2.45, 2.75) is 6.43 Å². The normalized spacial score (nSPS) is 10.5. The summed E-state index contributed by atoms with van der Waals surface area (Å²) in [6.45, 7) is 0. The van der Waals surface area contributed by atoms with E-state index in [9.17, 15) is 8.78 Å². The quantitative estimate of drug-likeness (QED) is 0.891. The Morgan fingerprint density at radius 3 is 2.29 bits per heavy atom. The standard InChI is InChI=1S/C11H9F2N3O/c12-9(13)7-1-3-8(4-2-7)17-11-10(14)15-5-6-16-11/h1-6,9H,(H2,14,15). The van der Waals surface area contributed by atoms with E-state index in [1.807, 2.05) is 0 Å². The molecule has 2 N–H and O–H groups in total. The van der Waals surface area contributed by atoms with Crippen LogP contribution in [0.5, 0.6) is 11.6 Å². The molecule has 0 radical (unpaired) electrons. The maximum absolute atomic E-state index is 12.3. The van der Waals surface area contributed by atoms with Gasteiger partial charge in [0.2, 0.25) is 0 Å². The molecular formula is C11H9F2N3O. The molecule has 2 rings (SSSR count). The number of hydrogen-bond donors (Lipinski definition) is 1. The van der Waals surface area contributed by atoms with Crippen molar-refractivity contribution in [2.24, 2.45) is 0 Å². The van der Waals surface area contributed by atoms with Gasteiger partial charge in [0.1, 0.15) is 5.75 Å². The van der Waals surface area contributed by atoms with Crippen LogP contribution in [0, 0.1) is 0 Å². The summed E-state index contributed by atoms with van der Waals surface area (Å²) in [5.41, 5.74) is 5.46. The predicted molar refractivity (Wildman–Crippen MR) is 57.9 cm³/mol. The Morgan fingerprint density at radius 2 is 1.71 bits per heavy atom. The Morgan fingerprint density at radius 1 is 1.06 bits per heavy atom. The van der Waals surface area contributed by atoms with E-state index in [-0.39, 0.29) is 17.3 Å². The van der Waals surface area contributed by atoms with Crippen LogP contribution in [0.4, 0.5) is 14.6 Å². The highest BCUT2D eigenvalue weighted by molar-refractivity contribution is 5.42. The lowest BCUT2D eigenvalue weighted by Crippen LogP contribution is -1.97. The smallest absolute Gasteiger partial charge is 0.263 e. The molecule has 0 spiro atoms. The lowest BCUT2D eigenvalue weighted by atomic mass is 10.2. The molecule has 0 aliphatic carbocycles. The van der Waals surface area contributed by atoms with E-state index in [0.717, 1.165) is 0 Å². The maximum atomic E-state index is 12.3. The lowest BCUT2D eigenvalue weighted by Gasteiger charge is -2.06. The first-order chi connectivity index (χ1) is 8.16. The molecule has 0 unspecified atom stereocenters. The molecule has 0 atom stereocenters. The van der Waals surface area contributed by atoms with E-state index in [1.165, 1.54) is 36.7 Å². The minimum Gasteiger partial charge on any atom is -0.436 e. The molecule has 1 aromatic heterocycles. The van der Waals surface area contributed by atoms with Crippen molar-refractivity contribution in [1.29, 1.82) is 0 Å². The molecule has 2 aromatic rings. The fraction of sp³-hybridized carbons (Fsp3) is 0.0909. The van der Waals surface area contributed by atoms with Gasteiger partial charge in [0.15, 0.2) is 5.82 Å². The first-order valence-electron chi connectivity index (χ1n) is 4.79. The molecule has 0 bridgehead atoms. The van der Waals surface area contributed by atoms with Crippen molar-refractivity contribution in [3.63, 3.8) is 0 Å². The van der Waals surface area contributed by atoms with Gasteiger partial charge in [-0.1, -0.05) is 0 Å². The molecule has 0 saturated heterocycles. The highest BCUT2D eigenvalue weighted by Crippen LogP contribution is 2.25. The number of halogens is 2. The predicted octanol–water partition coefficient (Wildman–Crippen LogP) is 2.79. The van der Waals surface area contributed by atoms with Crippen LogP contribution in [0.15, 0.2) is 36.7 Å². The Balaban J connectivity index is 2.17. The van der Waals surface area contributed by atoms with Gasteiger partial charge in [0.25, 0.3) is 12.3 Å². The van der Waals surface area contributed by atoms with Gasteiger partial charge in [0, 0.05) is 18.0 Å². The topological polar surface area (TPSA) is 61.0 Å². The van der Waals surface area contributed by atoms with Crippen LogP contribution in [-0.4, -0.2) is 9.97 Å². The van der Waals surface area contributed by atoms with E-state index in [1.54, 1.807) is 0 Å². The van der Waals surface area contributed by atoms with E-state index < -0.39 is 6.43 Å². The van der Waals surface area contributed by atoms with Crippen LogP contribution in [0.1, 0.15) is 12.0 Å². The number of anilines is 1. The number of ether oxygens (including phenoxy) is 1. The van der Waals surface area contributed by atoms with Gasteiger partial charge < -0.3 is 10.5 Å². The molecule has 0 aliphatic rings. The van der Waals surface area contributed by atoms with Crippen LogP contribution in [0.2, 0.25) is 0 Å². The Bertz CT molecular complexity index is 502. The summed E-state index contributed by atoms with van der Waals surface area (Å²) in [6, 6.07) is 5.42. The summed E-state index contributed by atoms with van der Waals surface area (Å²) in [7, 11) is 0. The van der Waals surface area contributed by atoms with Crippen molar-refractivity contribution >= 4 is 5.82 Å². The molecule has 0 amide bonds. The minimum atomic E-state index is -2.49. The average Bonchev–Trinajstić information content (AvgIpc) is 2.33. The number of aromatic nitrogens is 2. The number of benzene rings is 1. The number of nitrogens with zero attached hydrogens (tertiary/aromatic N) is 2.